The third-order valence-corrected chi connectivity index (χ3v) is 2.66. The molecular weight excluding hydrogens is 224 g/mol. The summed E-state index contributed by atoms with van der Waals surface area (Å²) in [6.45, 7) is 2.40. The highest BCUT2D eigenvalue weighted by Crippen LogP contribution is 2.25. The van der Waals surface area contributed by atoms with Crippen molar-refractivity contribution in [3.63, 3.8) is 0 Å². The molecule has 1 aromatic carbocycles. The Bertz CT molecular complexity index is 426. The van der Waals surface area contributed by atoms with Gasteiger partial charge in [0.05, 0.1) is 22.6 Å². The molecule has 1 aromatic rings. The van der Waals surface area contributed by atoms with Gasteiger partial charge in [-0.3, -0.25) is 4.79 Å². The summed E-state index contributed by atoms with van der Waals surface area (Å²) in [6, 6.07) is 7.44. The van der Waals surface area contributed by atoms with Gasteiger partial charge in [-0.05, 0) is 19.1 Å². The van der Waals surface area contributed by atoms with E-state index in [1.165, 1.54) is 0 Å². The second kappa shape index (κ2) is 5.53. The number of hydrogen-bond acceptors (Lipinski definition) is 3. The summed E-state index contributed by atoms with van der Waals surface area (Å²) in [4.78, 5) is 12.8. The minimum atomic E-state index is -0.0940. The molecule has 0 aliphatic heterocycles. The minimum absolute atomic E-state index is 0.0940. The lowest BCUT2D eigenvalue weighted by atomic mass is 10.1. The van der Waals surface area contributed by atoms with Crippen LogP contribution in [0.25, 0.3) is 0 Å². The molecule has 0 aromatic heterocycles. The van der Waals surface area contributed by atoms with E-state index in [2.05, 4.69) is 6.07 Å². The molecule has 0 amide bonds. The molecule has 0 N–H and O–H groups in total. The zero-order valence-corrected chi connectivity index (χ0v) is 10.0. The van der Waals surface area contributed by atoms with E-state index in [1.54, 1.807) is 12.1 Å². The third kappa shape index (κ3) is 2.74. The fourth-order valence-electron chi connectivity index (χ4n) is 1.53. The molecular formula is C12H13ClN2O. The van der Waals surface area contributed by atoms with Gasteiger partial charge in [-0.1, -0.05) is 17.7 Å². The fourth-order valence-corrected chi connectivity index (χ4v) is 1.74. The maximum atomic E-state index is 10.9. The van der Waals surface area contributed by atoms with Crippen molar-refractivity contribution in [3.8, 4) is 6.07 Å². The van der Waals surface area contributed by atoms with Crippen LogP contribution in [0.5, 0.6) is 0 Å². The summed E-state index contributed by atoms with van der Waals surface area (Å²) >= 11 is 5.92. The molecule has 1 atom stereocenters. The van der Waals surface area contributed by atoms with Crippen LogP contribution in [-0.2, 0) is 0 Å². The van der Waals surface area contributed by atoms with Gasteiger partial charge in [0.2, 0.25) is 0 Å². The van der Waals surface area contributed by atoms with E-state index in [-0.39, 0.29) is 5.92 Å². The molecule has 0 aliphatic carbocycles. The van der Waals surface area contributed by atoms with Crippen LogP contribution in [0.4, 0.5) is 5.69 Å². The van der Waals surface area contributed by atoms with Crippen molar-refractivity contribution < 1.29 is 4.79 Å². The lowest BCUT2D eigenvalue weighted by molar-refractivity contribution is 0.112. The first-order chi connectivity index (χ1) is 7.60. The van der Waals surface area contributed by atoms with Gasteiger partial charge >= 0.3 is 0 Å². The summed E-state index contributed by atoms with van der Waals surface area (Å²) in [5.41, 5.74) is 1.22. The summed E-state index contributed by atoms with van der Waals surface area (Å²) < 4.78 is 0. The van der Waals surface area contributed by atoms with E-state index in [9.17, 15) is 4.79 Å². The number of nitriles is 1. The van der Waals surface area contributed by atoms with Crippen molar-refractivity contribution in [1.82, 2.24) is 0 Å². The number of rotatable bonds is 4. The highest BCUT2D eigenvalue weighted by Gasteiger charge is 2.12. The molecule has 0 fully saturated rings. The summed E-state index contributed by atoms with van der Waals surface area (Å²) in [6.07, 6.45) is 0.741. The normalized spacial score (nSPS) is 11.6. The Morgan fingerprint density at radius 3 is 2.88 bits per heavy atom. The Kier molecular flexibility index (Phi) is 4.33. The third-order valence-electron chi connectivity index (χ3n) is 2.33. The number of anilines is 1. The maximum absolute atomic E-state index is 10.9. The molecule has 0 aliphatic rings. The molecule has 0 heterocycles. The second-order valence-corrected chi connectivity index (χ2v) is 4.11. The van der Waals surface area contributed by atoms with Crippen LogP contribution in [-0.4, -0.2) is 19.9 Å². The number of carbonyl (C=O) groups excluding carboxylic acids is 1. The number of halogens is 1. The van der Waals surface area contributed by atoms with E-state index >= 15 is 0 Å². The standard InChI is InChI=1S/C12H13ClN2O/c1-9(6-14)7-15(2)12-5-3-4-11(13)10(12)8-16/h3-5,8-9H,7H2,1-2H3. The predicted octanol–water partition coefficient (Wildman–Crippen LogP) is 2.75. The van der Waals surface area contributed by atoms with Crippen LogP contribution in [0, 0.1) is 17.2 Å². The van der Waals surface area contributed by atoms with Crippen molar-refractivity contribution in [1.29, 1.82) is 5.26 Å². The zero-order valence-electron chi connectivity index (χ0n) is 9.27. The highest BCUT2D eigenvalue weighted by atomic mass is 35.5. The maximum Gasteiger partial charge on any atom is 0.153 e. The summed E-state index contributed by atoms with van der Waals surface area (Å²) in [5.74, 6) is -0.0940. The van der Waals surface area contributed by atoms with Crippen LogP contribution in [0.2, 0.25) is 5.02 Å². The number of benzene rings is 1. The van der Waals surface area contributed by atoms with E-state index in [1.807, 2.05) is 24.9 Å². The molecule has 0 bridgehead atoms. The van der Waals surface area contributed by atoms with Crippen molar-refractivity contribution >= 4 is 23.6 Å². The van der Waals surface area contributed by atoms with E-state index in [0.29, 0.717) is 17.1 Å². The van der Waals surface area contributed by atoms with E-state index in [4.69, 9.17) is 16.9 Å². The smallest absolute Gasteiger partial charge is 0.153 e. The quantitative estimate of drug-likeness (QED) is 0.755. The lowest BCUT2D eigenvalue weighted by Crippen LogP contribution is -2.24. The van der Waals surface area contributed by atoms with Gasteiger partial charge in [0.1, 0.15) is 0 Å². The largest absolute Gasteiger partial charge is 0.373 e. The second-order valence-electron chi connectivity index (χ2n) is 3.70. The number of aldehydes is 1. The SMILES string of the molecule is CC(C#N)CN(C)c1cccc(Cl)c1C=O. The first-order valence-corrected chi connectivity index (χ1v) is 5.32. The minimum Gasteiger partial charge on any atom is -0.373 e. The van der Waals surface area contributed by atoms with Gasteiger partial charge in [-0.15, -0.1) is 0 Å². The molecule has 0 saturated carbocycles. The Balaban J connectivity index is 3.00. The topological polar surface area (TPSA) is 44.1 Å². The molecule has 1 unspecified atom stereocenters. The highest BCUT2D eigenvalue weighted by molar-refractivity contribution is 6.33. The summed E-state index contributed by atoms with van der Waals surface area (Å²) in [7, 11) is 1.84. The lowest BCUT2D eigenvalue weighted by Gasteiger charge is -2.22. The molecule has 4 heteroatoms. The Hall–Kier alpha value is -1.53. The van der Waals surface area contributed by atoms with Crippen molar-refractivity contribution in [2.24, 2.45) is 5.92 Å². The monoisotopic (exact) mass is 236 g/mol. The first kappa shape index (κ1) is 12.5. The molecule has 0 radical (unpaired) electrons. The van der Waals surface area contributed by atoms with Crippen molar-refractivity contribution in [2.75, 3.05) is 18.5 Å². The zero-order chi connectivity index (χ0) is 12.1. The average molecular weight is 237 g/mol. The molecule has 16 heavy (non-hydrogen) atoms. The number of hydrogen-bond donors (Lipinski definition) is 0. The molecule has 84 valence electrons. The molecule has 3 nitrogen and oxygen atoms in total. The number of carbonyl (C=O) groups is 1. The van der Waals surface area contributed by atoms with Gasteiger partial charge < -0.3 is 4.90 Å². The van der Waals surface area contributed by atoms with Gasteiger partial charge in [-0.25, -0.2) is 0 Å². The van der Waals surface area contributed by atoms with Crippen molar-refractivity contribution in [2.45, 2.75) is 6.92 Å². The van der Waals surface area contributed by atoms with Crippen LogP contribution >= 0.6 is 11.6 Å². The molecule has 0 spiro atoms. The van der Waals surface area contributed by atoms with Gasteiger partial charge in [0.25, 0.3) is 0 Å². The van der Waals surface area contributed by atoms with E-state index in [0.717, 1.165) is 12.0 Å². The summed E-state index contributed by atoms with van der Waals surface area (Å²) in [5, 5.41) is 9.17. The van der Waals surface area contributed by atoms with Gasteiger partial charge in [0, 0.05) is 19.3 Å². The van der Waals surface area contributed by atoms with E-state index < -0.39 is 0 Å². The van der Waals surface area contributed by atoms with Crippen LogP contribution in [0.3, 0.4) is 0 Å². The first-order valence-electron chi connectivity index (χ1n) is 4.94. The van der Waals surface area contributed by atoms with Crippen molar-refractivity contribution in [3.05, 3.63) is 28.8 Å². The van der Waals surface area contributed by atoms with Gasteiger partial charge in [0.15, 0.2) is 6.29 Å². The fraction of sp³-hybridized carbons (Fsp3) is 0.333. The van der Waals surface area contributed by atoms with Crippen LogP contribution in [0.1, 0.15) is 17.3 Å². The van der Waals surface area contributed by atoms with Crippen LogP contribution in [0.15, 0.2) is 18.2 Å². The Morgan fingerprint density at radius 1 is 1.62 bits per heavy atom. The number of nitrogens with zero attached hydrogens (tertiary/aromatic N) is 2. The molecule has 0 saturated heterocycles. The Labute approximate surface area is 100 Å². The molecule has 1 rings (SSSR count). The van der Waals surface area contributed by atoms with Crippen LogP contribution < -0.4 is 4.90 Å². The average Bonchev–Trinajstić information content (AvgIpc) is 2.28. The van der Waals surface area contributed by atoms with Gasteiger partial charge in [-0.2, -0.15) is 5.26 Å². The Morgan fingerprint density at radius 2 is 2.31 bits per heavy atom. The predicted molar refractivity (Wildman–Crippen MR) is 64.9 cm³/mol.